The minimum Gasteiger partial charge on any atom is -0.294 e. The molecule has 3 heteroatoms. The molecule has 0 aliphatic heterocycles. The van der Waals surface area contributed by atoms with E-state index in [-0.39, 0.29) is 5.56 Å². The van der Waals surface area contributed by atoms with Crippen molar-refractivity contribution in [3.63, 3.8) is 0 Å². The lowest BCUT2D eigenvalue weighted by atomic mass is 9.99. The molecule has 0 aliphatic carbocycles. The van der Waals surface area contributed by atoms with Crippen molar-refractivity contribution in [2.24, 2.45) is 0 Å². The largest absolute Gasteiger partial charge is 0.294 e. The van der Waals surface area contributed by atoms with Crippen molar-refractivity contribution in [2.45, 2.75) is 12.3 Å². The van der Waals surface area contributed by atoms with E-state index >= 15 is 0 Å². The lowest BCUT2D eigenvalue weighted by Gasteiger charge is -2.15. The number of halogens is 2. The number of hydrogen-bond donors (Lipinski definition) is 0. The van der Waals surface area contributed by atoms with E-state index < -0.39 is 18.1 Å². The zero-order chi connectivity index (χ0) is 13.0. The molecule has 0 bridgehead atoms. The van der Waals surface area contributed by atoms with E-state index in [1.807, 2.05) is 0 Å². The van der Waals surface area contributed by atoms with Gasteiger partial charge in [-0.2, -0.15) is 0 Å². The number of rotatable bonds is 4. The fourth-order valence-electron chi connectivity index (χ4n) is 1.71. The van der Waals surface area contributed by atoms with Gasteiger partial charge in [0.05, 0.1) is 6.42 Å². The van der Waals surface area contributed by atoms with Crippen LogP contribution >= 0.6 is 0 Å². The van der Waals surface area contributed by atoms with Crippen molar-refractivity contribution in [3.05, 3.63) is 71.8 Å². The smallest absolute Gasteiger partial charge is 0.280 e. The highest BCUT2D eigenvalue weighted by molar-refractivity contribution is 5.96. The third-order valence-electron chi connectivity index (χ3n) is 2.67. The molecule has 0 unspecified atom stereocenters. The van der Waals surface area contributed by atoms with Crippen LogP contribution in [0.3, 0.4) is 0 Å². The molecule has 2 aromatic carbocycles. The highest BCUT2D eigenvalue weighted by Gasteiger charge is 2.34. The fourth-order valence-corrected chi connectivity index (χ4v) is 1.71. The summed E-state index contributed by atoms with van der Waals surface area (Å²) in [5, 5.41) is 0. The molecule has 0 saturated carbocycles. The minimum absolute atomic E-state index is 0.130. The standard InChI is InChI=1S/C15H12F2O/c16-15(17,13-9-5-2-6-10-13)11-14(18)12-7-3-1-4-8-12/h1-10H,11H2. The second-order valence-corrected chi connectivity index (χ2v) is 4.04. The number of Topliss-reactive ketones (excluding diaryl/α,β-unsaturated/α-hetero) is 1. The Morgan fingerprint density at radius 3 is 1.94 bits per heavy atom. The summed E-state index contributed by atoms with van der Waals surface area (Å²) in [5.74, 6) is -3.68. The van der Waals surface area contributed by atoms with E-state index in [0.29, 0.717) is 5.56 Å². The molecule has 0 fully saturated rings. The zero-order valence-corrected chi connectivity index (χ0v) is 9.64. The van der Waals surface area contributed by atoms with Gasteiger partial charge in [0.2, 0.25) is 0 Å². The molecule has 2 rings (SSSR count). The summed E-state index contributed by atoms with van der Waals surface area (Å²) in [7, 11) is 0. The molecule has 1 nitrogen and oxygen atoms in total. The SMILES string of the molecule is O=C(CC(F)(F)c1ccccc1)c1ccccc1. The number of ketones is 1. The van der Waals surface area contributed by atoms with E-state index in [1.54, 1.807) is 36.4 Å². The molecule has 0 saturated heterocycles. The summed E-state index contributed by atoms with van der Waals surface area (Å²) in [6.45, 7) is 0. The van der Waals surface area contributed by atoms with Crippen LogP contribution in [0.4, 0.5) is 8.78 Å². The first kappa shape index (κ1) is 12.4. The zero-order valence-electron chi connectivity index (χ0n) is 9.64. The predicted molar refractivity (Wildman–Crippen MR) is 65.7 cm³/mol. The molecule has 0 heterocycles. The third-order valence-corrected chi connectivity index (χ3v) is 2.67. The fraction of sp³-hybridized carbons (Fsp3) is 0.133. The van der Waals surface area contributed by atoms with Gasteiger partial charge in [-0.25, -0.2) is 8.78 Å². The van der Waals surface area contributed by atoms with Crippen molar-refractivity contribution in [3.8, 4) is 0 Å². The van der Waals surface area contributed by atoms with Crippen LogP contribution in [0.2, 0.25) is 0 Å². The Balaban J connectivity index is 2.17. The van der Waals surface area contributed by atoms with Gasteiger partial charge < -0.3 is 0 Å². The second-order valence-electron chi connectivity index (χ2n) is 4.04. The van der Waals surface area contributed by atoms with Gasteiger partial charge >= 0.3 is 0 Å². The molecule has 0 radical (unpaired) electrons. The van der Waals surface area contributed by atoms with Crippen LogP contribution in [0.25, 0.3) is 0 Å². The van der Waals surface area contributed by atoms with Crippen LogP contribution in [-0.4, -0.2) is 5.78 Å². The quantitative estimate of drug-likeness (QED) is 0.744. The molecule has 2 aromatic rings. The van der Waals surface area contributed by atoms with E-state index in [1.165, 1.54) is 24.3 Å². The molecule has 0 aromatic heterocycles. The van der Waals surface area contributed by atoms with Gasteiger partial charge in [-0.15, -0.1) is 0 Å². The van der Waals surface area contributed by atoms with Crippen LogP contribution in [0.1, 0.15) is 22.3 Å². The van der Waals surface area contributed by atoms with Gasteiger partial charge in [0.15, 0.2) is 5.78 Å². The average Bonchev–Trinajstić information content (AvgIpc) is 2.40. The van der Waals surface area contributed by atoms with E-state index in [0.717, 1.165) is 0 Å². The summed E-state index contributed by atoms with van der Waals surface area (Å²) >= 11 is 0. The number of benzene rings is 2. The van der Waals surface area contributed by atoms with Crippen molar-refractivity contribution in [1.82, 2.24) is 0 Å². The number of carbonyl (C=O) groups is 1. The van der Waals surface area contributed by atoms with E-state index in [4.69, 9.17) is 0 Å². The summed E-state index contributed by atoms with van der Waals surface area (Å²) in [6, 6.07) is 15.6. The Kier molecular flexibility index (Phi) is 3.51. The Bertz CT molecular complexity index is 521. The number of hydrogen-bond acceptors (Lipinski definition) is 1. The third kappa shape index (κ3) is 2.80. The molecule has 0 amide bonds. The lowest BCUT2D eigenvalue weighted by molar-refractivity contribution is -0.00768. The van der Waals surface area contributed by atoms with Crippen molar-refractivity contribution < 1.29 is 13.6 Å². The van der Waals surface area contributed by atoms with Crippen LogP contribution in [-0.2, 0) is 5.92 Å². The summed E-state index contributed by atoms with van der Waals surface area (Å²) in [5.41, 5.74) is 0.183. The highest BCUT2D eigenvalue weighted by Crippen LogP contribution is 2.32. The molecule has 0 aliphatic rings. The van der Waals surface area contributed by atoms with Gasteiger partial charge in [0.25, 0.3) is 5.92 Å². The molecular formula is C15H12F2O. The Labute approximate surface area is 104 Å². The molecule has 0 atom stereocenters. The van der Waals surface area contributed by atoms with Crippen molar-refractivity contribution in [2.75, 3.05) is 0 Å². The van der Waals surface area contributed by atoms with Gasteiger partial charge in [0, 0.05) is 11.1 Å². The van der Waals surface area contributed by atoms with E-state index in [2.05, 4.69) is 0 Å². The van der Waals surface area contributed by atoms with Crippen LogP contribution in [0.15, 0.2) is 60.7 Å². The van der Waals surface area contributed by atoms with Gasteiger partial charge in [-0.3, -0.25) is 4.79 Å². The second kappa shape index (κ2) is 5.08. The normalized spacial score (nSPS) is 11.2. The Hall–Kier alpha value is -2.03. The first-order valence-electron chi connectivity index (χ1n) is 5.61. The van der Waals surface area contributed by atoms with E-state index in [9.17, 15) is 13.6 Å². The first-order valence-corrected chi connectivity index (χ1v) is 5.61. The monoisotopic (exact) mass is 246 g/mol. The highest BCUT2D eigenvalue weighted by atomic mass is 19.3. The van der Waals surface area contributed by atoms with Gasteiger partial charge in [-0.1, -0.05) is 60.7 Å². The van der Waals surface area contributed by atoms with Gasteiger partial charge in [-0.05, 0) is 0 Å². The topological polar surface area (TPSA) is 17.1 Å². The maximum atomic E-state index is 13.9. The maximum absolute atomic E-state index is 13.9. The lowest BCUT2D eigenvalue weighted by Crippen LogP contribution is -2.18. The summed E-state index contributed by atoms with van der Waals surface area (Å²) < 4.78 is 27.7. The maximum Gasteiger partial charge on any atom is 0.280 e. The van der Waals surface area contributed by atoms with Crippen molar-refractivity contribution >= 4 is 5.78 Å². The van der Waals surface area contributed by atoms with Crippen molar-refractivity contribution in [1.29, 1.82) is 0 Å². The molecule has 92 valence electrons. The molecular weight excluding hydrogens is 234 g/mol. The minimum atomic E-state index is -3.13. The predicted octanol–water partition coefficient (Wildman–Crippen LogP) is 4.05. The Morgan fingerprint density at radius 2 is 1.39 bits per heavy atom. The summed E-state index contributed by atoms with van der Waals surface area (Å²) in [6.07, 6.45) is -0.805. The van der Waals surface area contributed by atoms with Gasteiger partial charge in [0.1, 0.15) is 0 Å². The average molecular weight is 246 g/mol. The number of carbonyl (C=O) groups excluding carboxylic acids is 1. The number of alkyl halides is 2. The Morgan fingerprint density at radius 1 is 0.889 bits per heavy atom. The molecule has 0 N–H and O–H groups in total. The summed E-state index contributed by atoms with van der Waals surface area (Å²) in [4.78, 5) is 11.8. The van der Waals surface area contributed by atoms with Crippen LogP contribution in [0.5, 0.6) is 0 Å². The van der Waals surface area contributed by atoms with Crippen LogP contribution < -0.4 is 0 Å². The molecule has 18 heavy (non-hydrogen) atoms. The first-order chi connectivity index (χ1) is 8.59. The molecule has 0 spiro atoms. The van der Waals surface area contributed by atoms with Crippen LogP contribution in [0, 0.1) is 0 Å².